The van der Waals surface area contributed by atoms with Crippen molar-refractivity contribution in [1.29, 1.82) is 0 Å². The van der Waals surface area contributed by atoms with Crippen LogP contribution >= 0.6 is 0 Å². The highest BCUT2D eigenvalue weighted by atomic mass is 16.5. The number of ether oxygens (including phenoxy) is 2. The summed E-state index contributed by atoms with van der Waals surface area (Å²) in [5, 5.41) is 10.6. The smallest absolute Gasteiger partial charge is 0.141 e. The fourth-order valence-electron chi connectivity index (χ4n) is 7.57. The lowest BCUT2D eigenvalue weighted by Gasteiger charge is -2.34. The first-order valence-corrected chi connectivity index (χ1v) is 16.1. The van der Waals surface area contributed by atoms with Crippen molar-refractivity contribution in [2.45, 2.75) is 153 Å². The molecule has 0 spiro atoms. The van der Waals surface area contributed by atoms with E-state index in [9.17, 15) is 14.7 Å². The van der Waals surface area contributed by atoms with Gasteiger partial charge in [0.25, 0.3) is 0 Å². The zero-order valence-electron chi connectivity index (χ0n) is 23.4. The van der Waals surface area contributed by atoms with Crippen molar-refractivity contribution >= 4 is 11.6 Å². The van der Waals surface area contributed by atoms with Gasteiger partial charge in [-0.3, -0.25) is 9.59 Å². The average molecular weight is 519 g/mol. The molecule has 0 heterocycles. The van der Waals surface area contributed by atoms with E-state index in [2.05, 4.69) is 0 Å². The van der Waals surface area contributed by atoms with Crippen LogP contribution in [0.5, 0.6) is 0 Å². The van der Waals surface area contributed by atoms with Gasteiger partial charge in [0.05, 0.1) is 18.3 Å². The molecule has 5 heteroatoms. The van der Waals surface area contributed by atoms with E-state index >= 15 is 0 Å². The van der Waals surface area contributed by atoms with Gasteiger partial charge in [0.15, 0.2) is 0 Å². The maximum absolute atomic E-state index is 12.8. The quantitative estimate of drug-likeness (QED) is 0.267. The number of rotatable bonds is 13. The molecule has 0 radical (unpaired) electrons. The van der Waals surface area contributed by atoms with E-state index in [1.165, 1.54) is 38.5 Å². The Balaban J connectivity index is 0.977. The van der Waals surface area contributed by atoms with E-state index in [1.807, 2.05) is 0 Å². The molecule has 4 fully saturated rings. The number of hydrogen-bond acceptors (Lipinski definition) is 5. The molecular formula is C32H54O5. The highest BCUT2D eigenvalue weighted by Crippen LogP contribution is 2.35. The molecule has 4 saturated carbocycles. The summed E-state index contributed by atoms with van der Waals surface area (Å²) in [5.74, 6) is 1.59. The minimum Gasteiger partial charge on any atom is -0.392 e. The molecule has 0 saturated heterocycles. The standard InChI is InChI=1S/C32H54O5/c33-30-23-28(19-20-29(30)32(35)25-13-7-4-8-14-25)37-22-10-2-1-9-21-36-27-17-15-26(16-18-27)31(34)24-11-5-3-6-12-24/h24-30,33H,1-23H2. The zero-order chi connectivity index (χ0) is 25.9. The fraction of sp³-hybridized carbons (Fsp3) is 0.938. The van der Waals surface area contributed by atoms with Gasteiger partial charge in [0, 0.05) is 43.3 Å². The Morgan fingerprint density at radius 2 is 1.03 bits per heavy atom. The molecule has 0 aromatic rings. The molecule has 5 nitrogen and oxygen atoms in total. The maximum atomic E-state index is 12.8. The summed E-state index contributed by atoms with van der Waals surface area (Å²) in [4.78, 5) is 25.6. The largest absolute Gasteiger partial charge is 0.392 e. The van der Waals surface area contributed by atoms with Crippen molar-refractivity contribution in [3.8, 4) is 0 Å². The van der Waals surface area contributed by atoms with E-state index in [0.717, 1.165) is 103 Å². The Morgan fingerprint density at radius 3 is 1.59 bits per heavy atom. The van der Waals surface area contributed by atoms with E-state index in [1.54, 1.807) is 0 Å². The van der Waals surface area contributed by atoms with Crippen molar-refractivity contribution < 1.29 is 24.2 Å². The van der Waals surface area contributed by atoms with Gasteiger partial charge in [0.1, 0.15) is 11.6 Å². The normalized spacial score (nSPS) is 32.3. The Hall–Kier alpha value is -0.780. The third kappa shape index (κ3) is 9.14. The van der Waals surface area contributed by atoms with Gasteiger partial charge in [0.2, 0.25) is 0 Å². The van der Waals surface area contributed by atoms with Gasteiger partial charge < -0.3 is 14.6 Å². The third-order valence-corrected chi connectivity index (χ3v) is 9.97. The van der Waals surface area contributed by atoms with Crippen LogP contribution in [0.3, 0.4) is 0 Å². The predicted octanol–water partition coefficient (Wildman–Crippen LogP) is 6.97. The van der Waals surface area contributed by atoms with Crippen molar-refractivity contribution in [2.75, 3.05) is 13.2 Å². The Bertz CT molecular complexity index is 673. The van der Waals surface area contributed by atoms with Gasteiger partial charge in [-0.1, -0.05) is 51.4 Å². The molecule has 3 atom stereocenters. The summed E-state index contributed by atoms with van der Waals surface area (Å²) in [5.41, 5.74) is 0. The predicted molar refractivity (Wildman–Crippen MR) is 146 cm³/mol. The first-order chi connectivity index (χ1) is 18.1. The SMILES string of the molecule is O=C(C1CCCCC1)C1CCC(OCCCCCCOC2CCC(C(=O)C3CCCCC3)C(O)C2)CC1. The Labute approximate surface area is 225 Å². The zero-order valence-corrected chi connectivity index (χ0v) is 23.4. The van der Waals surface area contributed by atoms with Crippen LogP contribution in [0.1, 0.15) is 135 Å². The molecule has 1 N–H and O–H groups in total. The summed E-state index contributed by atoms with van der Waals surface area (Å²) >= 11 is 0. The van der Waals surface area contributed by atoms with Gasteiger partial charge in [-0.05, 0) is 77.0 Å². The summed E-state index contributed by atoms with van der Waals surface area (Å²) in [6.45, 7) is 1.58. The lowest BCUT2D eigenvalue weighted by Crippen LogP contribution is -2.40. The number of carbonyl (C=O) groups is 2. The molecule has 0 amide bonds. The molecule has 4 rings (SSSR count). The van der Waals surface area contributed by atoms with Crippen LogP contribution < -0.4 is 0 Å². The lowest BCUT2D eigenvalue weighted by atomic mass is 9.74. The Morgan fingerprint density at radius 1 is 0.541 bits per heavy atom. The summed E-state index contributed by atoms with van der Waals surface area (Å²) in [6.07, 6.45) is 22.5. The fourth-order valence-corrected chi connectivity index (χ4v) is 7.57. The van der Waals surface area contributed by atoms with Crippen LogP contribution in [0.25, 0.3) is 0 Å². The molecular weight excluding hydrogens is 464 g/mol. The first kappa shape index (κ1) is 29.2. The summed E-state index contributed by atoms with van der Waals surface area (Å²) in [6, 6.07) is 0. The second kappa shape index (κ2) is 15.7. The van der Waals surface area contributed by atoms with Crippen molar-refractivity contribution in [3.05, 3.63) is 0 Å². The highest BCUT2D eigenvalue weighted by molar-refractivity contribution is 5.84. The van der Waals surface area contributed by atoms with E-state index < -0.39 is 6.10 Å². The van der Waals surface area contributed by atoms with Gasteiger partial charge >= 0.3 is 0 Å². The highest BCUT2D eigenvalue weighted by Gasteiger charge is 2.37. The number of hydrogen-bond donors (Lipinski definition) is 1. The van der Waals surface area contributed by atoms with Gasteiger partial charge in [-0.2, -0.15) is 0 Å². The minimum absolute atomic E-state index is 0.105. The second-order valence-electron chi connectivity index (χ2n) is 12.7. The van der Waals surface area contributed by atoms with Crippen molar-refractivity contribution in [3.63, 3.8) is 0 Å². The molecule has 0 aromatic carbocycles. The van der Waals surface area contributed by atoms with Crippen LogP contribution in [0.2, 0.25) is 0 Å². The number of aliphatic hydroxyl groups excluding tert-OH is 1. The van der Waals surface area contributed by atoms with E-state index in [-0.39, 0.29) is 17.9 Å². The first-order valence-electron chi connectivity index (χ1n) is 16.1. The maximum Gasteiger partial charge on any atom is 0.141 e. The number of aliphatic hydroxyl groups is 1. The second-order valence-corrected chi connectivity index (χ2v) is 12.7. The summed E-state index contributed by atoms with van der Waals surface area (Å²) in [7, 11) is 0. The van der Waals surface area contributed by atoms with E-state index in [0.29, 0.717) is 35.9 Å². The topological polar surface area (TPSA) is 72.8 Å². The summed E-state index contributed by atoms with van der Waals surface area (Å²) < 4.78 is 12.2. The molecule has 0 aliphatic heterocycles. The van der Waals surface area contributed by atoms with Crippen LogP contribution in [0, 0.1) is 23.7 Å². The monoisotopic (exact) mass is 518 g/mol. The lowest BCUT2D eigenvalue weighted by molar-refractivity contribution is -0.136. The third-order valence-electron chi connectivity index (χ3n) is 9.97. The molecule has 3 unspecified atom stereocenters. The van der Waals surface area contributed by atoms with Crippen LogP contribution in [-0.2, 0) is 19.1 Å². The molecule has 4 aliphatic rings. The number of ketones is 2. The molecule has 0 aromatic heterocycles. The Kier molecular flexibility index (Phi) is 12.4. The van der Waals surface area contributed by atoms with Crippen LogP contribution in [-0.4, -0.2) is 48.2 Å². The number of carbonyl (C=O) groups excluding carboxylic acids is 2. The number of Topliss-reactive ketones (excluding diaryl/α,β-unsaturated/α-hetero) is 2. The van der Waals surface area contributed by atoms with Gasteiger partial charge in [-0.25, -0.2) is 0 Å². The van der Waals surface area contributed by atoms with Crippen LogP contribution in [0.15, 0.2) is 0 Å². The van der Waals surface area contributed by atoms with Crippen LogP contribution in [0.4, 0.5) is 0 Å². The number of unbranched alkanes of at least 4 members (excludes halogenated alkanes) is 3. The molecule has 0 bridgehead atoms. The molecule has 4 aliphatic carbocycles. The average Bonchev–Trinajstić information content (AvgIpc) is 2.95. The minimum atomic E-state index is -0.522. The van der Waals surface area contributed by atoms with Gasteiger partial charge in [-0.15, -0.1) is 0 Å². The molecule has 212 valence electrons. The van der Waals surface area contributed by atoms with E-state index in [4.69, 9.17) is 9.47 Å². The van der Waals surface area contributed by atoms with Crippen molar-refractivity contribution in [2.24, 2.45) is 23.7 Å². The van der Waals surface area contributed by atoms with Crippen molar-refractivity contribution in [1.82, 2.24) is 0 Å². The molecule has 37 heavy (non-hydrogen) atoms.